The van der Waals surface area contributed by atoms with Crippen molar-refractivity contribution in [3.05, 3.63) is 6.33 Å². The van der Waals surface area contributed by atoms with Gasteiger partial charge in [-0.25, -0.2) is 9.97 Å². The van der Waals surface area contributed by atoms with E-state index in [2.05, 4.69) is 25.9 Å². The van der Waals surface area contributed by atoms with E-state index in [1.807, 2.05) is 0 Å². The van der Waals surface area contributed by atoms with Crippen molar-refractivity contribution in [1.29, 1.82) is 0 Å². The molecule has 2 heterocycles. The quantitative estimate of drug-likeness (QED) is 0.658. The van der Waals surface area contributed by atoms with Gasteiger partial charge in [-0.3, -0.25) is 9.59 Å². The van der Waals surface area contributed by atoms with Crippen molar-refractivity contribution in [3.8, 4) is 0 Å². The molecule has 0 spiro atoms. The fourth-order valence-electron chi connectivity index (χ4n) is 1.44. The predicted molar refractivity (Wildman–Crippen MR) is 66.3 cm³/mol. The van der Waals surface area contributed by atoms with E-state index in [0.29, 0.717) is 17.3 Å². The lowest BCUT2D eigenvalue weighted by molar-refractivity contribution is -0.126. The Morgan fingerprint density at radius 2 is 2.28 bits per heavy atom. The van der Waals surface area contributed by atoms with Gasteiger partial charge < -0.3 is 20.9 Å². The lowest BCUT2D eigenvalue weighted by Crippen LogP contribution is -2.31. The number of rotatable bonds is 3. The van der Waals surface area contributed by atoms with Crippen molar-refractivity contribution < 1.29 is 9.59 Å². The SMILES string of the molecule is CN(C)C(=O)CNc1ncnc2c1NC(=O)CN2. The first-order valence-electron chi connectivity index (χ1n) is 5.40. The molecule has 1 aliphatic heterocycles. The van der Waals surface area contributed by atoms with Crippen LogP contribution in [0.3, 0.4) is 0 Å². The maximum Gasteiger partial charge on any atom is 0.243 e. The second-order valence-electron chi connectivity index (χ2n) is 3.99. The second kappa shape index (κ2) is 4.86. The molecule has 2 amide bonds. The summed E-state index contributed by atoms with van der Waals surface area (Å²) in [7, 11) is 3.34. The van der Waals surface area contributed by atoms with Crippen LogP contribution >= 0.6 is 0 Å². The van der Waals surface area contributed by atoms with Gasteiger partial charge in [0.15, 0.2) is 11.6 Å². The molecule has 2 rings (SSSR count). The molecule has 0 atom stereocenters. The second-order valence-corrected chi connectivity index (χ2v) is 3.99. The molecule has 3 N–H and O–H groups in total. The van der Waals surface area contributed by atoms with Gasteiger partial charge in [0.05, 0.1) is 13.1 Å². The Labute approximate surface area is 104 Å². The highest BCUT2D eigenvalue weighted by atomic mass is 16.2. The molecule has 0 aliphatic carbocycles. The molecule has 8 nitrogen and oxygen atoms in total. The summed E-state index contributed by atoms with van der Waals surface area (Å²) in [6.07, 6.45) is 1.37. The predicted octanol–water partition coefficient (Wildman–Crippen LogP) is -0.659. The third kappa shape index (κ3) is 2.47. The van der Waals surface area contributed by atoms with Gasteiger partial charge >= 0.3 is 0 Å². The molecule has 18 heavy (non-hydrogen) atoms. The number of likely N-dealkylation sites (N-methyl/N-ethyl adjacent to an activating group) is 1. The zero-order valence-electron chi connectivity index (χ0n) is 10.1. The van der Waals surface area contributed by atoms with E-state index in [-0.39, 0.29) is 24.9 Å². The first-order chi connectivity index (χ1) is 8.58. The minimum Gasteiger partial charge on any atom is -0.359 e. The molecule has 0 saturated heterocycles. The van der Waals surface area contributed by atoms with Gasteiger partial charge in [0.1, 0.15) is 12.0 Å². The van der Waals surface area contributed by atoms with Crippen LogP contribution in [0.25, 0.3) is 0 Å². The maximum atomic E-state index is 11.5. The van der Waals surface area contributed by atoms with Crippen LogP contribution in [-0.2, 0) is 9.59 Å². The Bertz CT molecular complexity index is 487. The van der Waals surface area contributed by atoms with Crippen LogP contribution < -0.4 is 16.0 Å². The maximum absolute atomic E-state index is 11.5. The molecule has 0 radical (unpaired) electrons. The lowest BCUT2D eigenvalue weighted by Gasteiger charge is -2.20. The molecular formula is C10H14N6O2. The fourth-order valence-corrected chi connectivity index (χ4v) is 1.44. The molecule has 0 unspecified atom stereocenters. The van der Waals surface area contributed by atoms with Gasteiger partial charge in [-0.15, -0.1) is 0 Å². The van der Waals surface area contributed by atoms with Crippen LogP contribution in [0, 0.1) is 0 Å². The monoisotopic (exact) mass is 250 g/mol. The highest BCUT2D eigenvalue weighted by Crippen LogP contribution is 2.28. The molecule has 1 aromatic heterocycles. The number of carbonyl (C=O) groups is 2. The Morgan fingerprint density at radius 3 is 3.00 bits per heavy atom. The van der Waals surface area contributed by atoms with Crippen molar-refractivity contribution in [2.45, 2.75) is 0 Å². The van der Waals surface area contributed by atoms with Crippen LogP contribution in [0.15, 0.2) is 6.33 Å². The van der Waals surface area contributed by atoms with E-state index < -0.39 is 0 Å². The Kier molecular flexibility index (Phi) is 3.26. The Hall–Kier alpha value is -2.38. The standard InChI is InChI=1S/C10H14N6O2/c1-16(2)7(18)4-12-10-8-9(13-5-14-10)11-3-6(17)15-8/h5H,3-4H2,1-2H3,(H,15,17)(H2,11,12,13,14). The molecule has 96 valence electrons. The highest BCUT2D eigenvalue weighted by Gasteiger charge is 2.19. The van der Waals surface area contributed by atoms with Crippen LogP contribution in [-0.4, -0.2) is 53.9 Å². The third-order valence-electron chi connectivity index (χ3n) is 2.43. The largest absolute Gasteiger partial charge is 0.359 e. The van der Waals surface area contributed by atoms with Crippen LogP contribution in [0.4, 0.5) is 17.3 Å². The first kappa shape index (κ1) is 12.1. The van der Waals surface area contributed by atoms with Gasteiger partial charge in [-0.1, -0.05) is 0 Å². The van der Waals surface area contributed by atoms with Gasteiger partial charge in [0, 0.05) is 14.1 Å². The number of anilines is 3. The molecule has 1 aromatic rings. The van der Waals surface area contributed by atoms with Crippen molar-refractivity contribution in [1.82, 2.24) is 14.9 Å². The average molecular weight is 250 g/mol. The summed E-state index contributed by atoms with van der Waals surface area (Å²) in [6.45, 7) is 0.284. The average Bonchev–Trinajstić information content (AvgIpc) is 2.35. The molecule has 0 fully saturated rings. The first-order valence-corrected chi connectivity index (χ1v) is 5.40. The molecule has 0 aromatic carbocycles. The smallest absolute Gasteiger partial charge is 0.243 e. The van der Waals surface area contributed by atoms with Crippen LogP contribution in [0.1, 0.15) is 0 Å². The number of nitrogens with one attached hydrogen (secondary N) is 3. The molecule has 8 heteroatoms. The van der Waals surface area contributed by atoms with Crippen molar-refractivity contribution >= 4 is 29.1 Å². The van der Waals surface area contributed by atoms with E-state index in [1.165, 1.54) is 11.2 Å². The van der Waals surface area contributed by atoms with Gasteiger partial charge in [0.25, 0.3) is 0 Å². The van der Waals surface area contributed by atoms with E-state index in [9.17, 15) is 9.59 Å². The van der Waals surface area contributed by atoms with Gasteiger partial charge in [0.2, 0.25) is 11.8 Å². The molecule has 0 bridgehead atoms. The Morgan fingerprint density at radius 1 is 1.50 bits per heavy atom. The van der Waals surface area contributed by atoms with Gasteiger partial charge in [-0.05, 0) is 0 Å². The summed E-state index contributed by atoms with van der Waals surface area (Å²) in [5.74, 6) is 0.719. The van der Waals surface area contributed by atoms with Crippen molar-refractivity contribution in [2.75, 3.05) is 43.1 Å². The summed E-state index contributed by atoms with van der Waals surface area (Å²) in [5.41, 5.74) is 0.473. The Balaban J connectivity index is 2.14. The van der Waals surface area contributed by atoms with E-state index in [0.717, 1.165) is 0 Å². The van der Waals surface area contributed by atoms with Crippen molar-refractivity contribution in [3.63, 3.8) is 0 Å². The number of hydrogen-bond donors (Lipinski definition) is 3. The van der Waals surface area contributed by atoms with E-state index >= 15 is 0 Å². The summed E-state index contributed by atoms with van der Waals surface area (Å²) >= 11 is 0. The molecular weight excluding hydrogens is 236 g/mol. The summed E-state index contributed by atoms with van der Waals surface area (Å²) in [6, 6.07) is 0. The van der Waals surface area contributed by atoms with Crippen LogP contribution in [0.5, 0.6) is 0 Å². The number of aromatic nitrogens is 2. The van der Waals surface area contributed by atoms with Gasteiger partial charge in [-0.2, -0.15) is 0 Å². The van der Waals surface area contributed by atoms with Crippen LogP contribution in [0.2, 0.25) is 0 Å². The molecule has 1 aliphatic rings. The number of fused-ring (bicyclic) bond motifs is 1. The normalized spacial score (nSPS) is 13.1. The lowest BCUT2D eigenvalue weighted by atomic mass is 10.3. The summed E-state index contributed by atoms with van der Waals surface area (Å²) in [5, 5.41) is 8.41. The topological polar surface area (TPSA) is 99.2 Å². The minimum absolute atomic E-state index is 0.0857. The number of carbonyl (C=O) groups excluding carboxylic acids is 2. The van der Waals surface area contributed by atoms with Crippen molar-refractivity contribution in [2.24, 2.45) is 0 Å². The number of hydrogen-bond acceptors (Lipinski definition) is 6. The zero-order chi connectivity index (χ0) is 13.1. The summed E-state index contributed by atoms with van der Waals surface area (Å²) < 4.78 is 0. The fraction of sp³-hybridized carbons (Fsp3) is 0.400. The highest BCUT2D eigenvalue weighted by molar-refractivity contribution is 6.02. The number of nitrogens with zero attached hydrogens (tertiary/aromatic N) is 3. The zero-order valence-corrected chi connectivity index (χ0v) is 10.1. The third-order valence-corrected chi connectivity index (χ3v) is 2.43. The van der Waals surface area contributed by atoms with E-state index in [4.69, 9.17) is 0 Å². The summed E-state index contributed by atoms with van der Waals surface area (Å²) in [4.78, 5) is 32.2. The molecule has 0 saturated carbocycles. The number of amides is 2. The minimum atomic E-state index is -0.167. The van der Waals surface area contributed by atoms with E-state index in [1.54, 1.807) is 14.1 Å².